The SMILES string of the molecule is CNC(=O)NC(=O)[C@H](C)OC(=O)/C=C/c1c(C)nn(-c2ccccc2)c1Cl. The van der Waals surface area contributed by atoms with E-state index in [0.717, 1.165) is 11.8 Å². The molecule has 9 heteroatoms. The summed E-state index contributed by atoms with van der Waals surface area (Å²) >= 11 is 6.37. The van der Waals surface area contributed by atoms with Crippen molar-refractivity contribution in [1.29, 1.82) is 0 Å². The lowest BCUT2D eigenvalue weighted by atomic mass is 10.2. The largest absolute Gasteiger partial charge is 0.449 e. The fourth-order valence-electron chi connectivity index (χ4n) is 2.14. The van der Waals surface area contributed by atoms with Crippen molar-refractivity contribution in [2.75, 3.05) is 7.05 Å². The third-order valence-corrected chi connectivity index (χ3v) is 3.92. The monoisotopic (exact) mass is 390 g/mol. The van der Waals surface area contributed by atoms with Crippen LogP contribution in [0.2, 0.25) is 5.15 Å². The number of benzene rings is 1. The zero-order valence-electron chi connectivity index (χ0n) is 15.0. The van der Waals surface area contributed by atoms with E-state index in [4.69, 9.17) is 16.3 Å². The highest BCUT2D eigenvalue weighted by Crippen LogP contribution is 2.24. The highest BCUT2D eigenvalue weighted by molar-refractivity contribution is 6.31. The summed E-state index contributed by atoms with van der Waals surface area (Å²) in [6, 6.07) is 8.63. The molecule has 0 aliphatic carbocycles. The molecular formula is C18H19ClN4O4. The molecule has 3 amide bonds. The number of aryl methyl sites for hydroxylation is 1. The van der Waals surface area contributed by atoms with Crippen molar-refractivity contribution in [3.8, 4) is 5.69 Å². The van der Waals surface area contributed by atoms with Crippen molar-refractivity contribution in [1.82, 2.24) is 20.4 Å². The molecule has 142 valence electrons. The fraction of sp³-hybridized carbons (Fsp3) is 0.222. The average molecular weight is 391 g/mol. The molecule has 2 aromatic rings. The second-order valence-electron chi connectivity index (χ2n) is 5.52. The van der Waals surface area contributed by atoms with Gasteiger partial charge in [0.15, 0.2) is 6.10 Å². The number of halogens is 1. The van der Waals surface area contributed by atoms with Gasteiger partial charge in [0, 0.05) is 18.7 Å². The third kappa shape index (κ3) is 5.18. The lowest BCUT2D eigenvalue weighted by Crippen LogP contribution is -2.43. The number of ether oxygens (including phenoxy) is 1. The smallest absolute Gasteiger partial charge is 0.331 e. The molecule has 0 bridgehead atoms. The molecule has 2 rings (SSSR count). The molecule has 0 saturated carbocycles. The van der Waals surface area contributed by atoms with Crippen molar-refractivity contribution >= 4 is 35.6 Å². The van der Waals surface area contributed by atoms with E-state index in [1.54, 1.807) is 11.6 Å². The van der Waals surface area contributed by atoms with E-state index in [1.165, 1.54) is 20.0 Å². The number of imide groups is 1. The molecule has 1 atom stereocenters. The van der Waals surface area contributed by atoms with Gasteiger partial charge in [-0.15, -0.1) is 0 Å². The van der Waals surface area contributed by atoms with Crippen molar-refractivity contribution in [3.05, 3.63) is 52.8 Å². The number of hydrogen-bond donors (Lipinski definition) is 2. The van der Waals surface area contributed by atoms with Crippen LogP contribution in [0.3, 0.4) is 0 Å². The Morgan fingerprint density at radius 3 is 2.56 bits per heavy atom. The molecule has 0 unspecified atom stereocenters. The Kier molecular flexibility index (Phi) is 6.73. The summed E-state index contributed by atoms with van der Waals surface area (Å²) in [6.07, 6.45) is 1.48. The molecule has 27 heavy (non-hydrogen) atoms. The predicted molar refractivity (Wildman–Crippen MR) is 100 cm³/mol. The normalized spacial score (nSPS) is 11.9. The minimum Gasteiger partial charge on any atom is -0.449 e. The van der Waals surface area contributed by atoms with Gasteiger partial charge in [0.1, 0.15) is 5.15 Å². The maximum absolute atomic E-state index is 11.9. The van der Waals surface area contributed by atoms with Crippen molar-refractivity contribution in [3.63, 3.8) is 0 Å². The van der Waals surface area contributed by atoms with Gasteiger partial charge < -0.3 is 10.1 Å². The van der Waals surface area contributed by atoms with E-state index in [-0.39, 0.29) is 0 Å². The topological polar surface area (TPSA) is 102 Å². The molecule has 0 fully saturated rings. The van der Waals surface area contributed by atoms with Gasteiger partial charge in [0.2, 0.25) is 0 Å². The second kappa shape index (κ2) is 9.00. The van der Waals surface area contributed by atoms with Crippen LogP contribution in [0, 0.1) is 6.92 Å². The lowest BCUT2D eigenvalue weighted by Gasteiger charge is -2.11. The van der Waals surface area contributed by atoms with Crippen LogP contribution in [0.25, 0.3) is 11.8 Å². The first-order valence-electron chi connectivity index (χ1n) is 8.05. The first kappa shape index (κ1) is 20.2. The Bertz CT molecular complexity index is 877. The van der Waals surface area contributed by atoms with Crippen LogP contribution in [0.4, 0.5) is 4.79 Å². The van der Waals surface area contributed by atoms with Crippen LogP contribution >= 0.6 is 11.6 Å². The van der Waals surface area contributed by atoms with Gasteiger partial charge in [-0.05, 0) is 32.1 Å². The standard InChI is InChI=1S/C18H19ClN4O4/c1-11-14(16(19)23(22-11)13-7-5-4-6-8-13)9-10-15(24)27-12(2)17(25)21-18(26)20-3/h4-10,12H,1-3H3,(H2,20,21,25,26)/b10-9+/t12-/m0/s1. The summed E-state index contributed by atoms with van der Waals surface area (Å²) in [4.78, 5) is 34.7. The van der Waals surface area contributed by atoms with Crippen LogP contribution in [0.5, 0.6) is 0 Å². The maximum atomic E-state index is 11.9. The van der Waals surface area contributed by atoms with E-state index in [2.05, 4.69) is 10.4 Å². The zero-order valence-corrected chi connectivity index (χ0v) is 15.8. The summed E-state index contributed by atoms with van der Waals surface area (Å²) in [6.45, 7) is 3.12. The lowest BCUT2D eigenvalue weighted by molar-refractivity contribution is -0.149. The first-order chi connectivity index (χ1) is 12.8. The van der Waals surface area contributed by atoms with Gasteiger partial charge in [-0.2, -0.15) is 5.10 Å². The molecule has 0 radical (unpaired) electrons. The number of amides is 3. The third-order valence-electron chi connectivity index (χ3n) is 3.56. The zero-order chi connectivity index (χ0) is 20.0. The van der Waals surface area contributed by atoms with Crippen LogP contribution in [-0.2, 0) is 14.3 Å². The highest BCUT2D eigenvalue weighted by Gasteiger charge is 2.19. The van der Waals surface area contributed by atoms with Crippen LogP contribution < -0.4 is 10.6 Å². The Balaban J connectivity index is 2.07. The average Bonchev–Trinajstić information content (AvgIpc) is 2.94. The fourth-order valence-corrected chi connectivity index (χ4v) is 2.47. The molecular weight excluding hydrogens is 372 g/mol. The van der Waals surface area contributed by atoms with E-state index >= 15 is 0 Å². The summed E-state index contributed by atoms with van der Waals surface area (Å²) in [5.74, 6) is -1.49. The van der Waals surface area contributed by atoms with E-state index in [0.29, 0.717) is 16.4 Å². The molecule has 0 aliphatic rings. The Morgan fingerprint density at radius 2 is 1.93 bits per heavy atom. The van der Waals surface area contributed by atoms with Crippen molar-refractivity contribution in [2.24, 2.45) is 0 Å². The Labute approximate surface area is 161 Å². The Hall–Kier alpha value is -3.13. The first-order valence-corrected chi connectivity index (χ1v) is 8.43. The van der Waals surface area contributed by atoms with Crippen molar-refractivity contribution in [2.45, 2.75) is 20.0 Å². The van der Waals surface area contributed by atoms with Crippen LogP contribution in [-0.4, -0.2) is 40.8 Å². The Morgan fingerprint density at radius 1 is 1.26 bits per heavy atom. The number of carbonyl (C=O) groups excluding carboxylic acids is 3. The molecule has 8 nitrogen and oxygen atoms in total. The van der Waals surface area contributed by atoms with Crippen LogP contribution in [0.15, 0.2) is 36.4 Å². The number of hydrogen-bond acceptors (Lipinski definition) is 5. The minimum absolute atomic E-state index is 0.341. The van der Waals surface area contributed by atoms with Gasteiger partial charge in [-0.25, -0.2) is 14.3 Å². The number of urea groups is 1. The van der Waals surface area contributed by atoms with E-state index in [1.807, 2.05) is 35.6 Å². The van der Waals surface area contributed by atoms with Gasteiger partial charge in [0.05, 0.1) is 11.4 Å². The molecule has 1 aromatic carbocycles. The van der Waals surface area contributed by atoms with E-state index in [9.17, 15) is 14.4 Å². The van der Waals surface area contributed by atoms with Gasteiger partial charge in [0.25, 0.3) is 5.91 Å². The number of rotatable bonds is 5. The summed E-state index contributed by atoms with van der Waals surface area (Å²) in [7, 11) is 1.36. The van der Waals surface area contributed by atoms with Crippen LogP contribution in [0.1, 0.15) is 18.2 Å². The number of carbonyl (C=O) groups is 3. The molecule has 0 aliphatic heterocycles. The number of esters is 1. The number of aromatic nitrogens is 2. The summed E-state index contributed by atoms with van der Waals surface area (Å²) < 4.78 is 6.52. The molecule has 1 heterocycles. The molecule has 2 N–H and O–H groups in total. The number of nitrogens with zero attached hydrogens (tertiary/aromatic N) is 2. The van der Waals surface area contributed by atoms with Gasteiger partial charge in [-0.3, -0.25) is 10.1 Å². The van der Waals surface area contributed by atoms with Crippen molar-refractivity contribution < 1.29 is 19.1 Å². The molecule has 0 saturated heterocycles. The minimum atomic E-state index is -1.14. The summed E-state index contributed by atoms with van der Waals surface area (Å²) in [5.41, 5.74) is 1.96. The second-order valence-corrected chi connectivity index (χ2v) is 5.88. The predicted octanol–water partition coefficient (Wildman–Crippen LogP) is 2.23. The number of nitrogens with one attached hydrogen (secondary N) is 2. The molecule has 0 spiro atoms. The van der Waals surface area contributed by atoms with E-state index < -0.39 is 24.0 Å². The van der Waals surface area contributed by atoms with Gasteiger partial charge in [-0.1, -0.05) is 29.8 Å². The molecule has 1 aromatic heterocycles. The highest BCUT2D eigenvalue weighted by atomic mass is 35.5. The number of para-hydroxylation sites is 1. The quantitative estimate of drug-likeness (QED) is 0.602. The maximum Gasteiger partial charge on any atom is 0.331 e. The van der Waals surface area contributed by atoms with Gasteiger partial charge >= 0.3 is 12.0 Å². The summed E-state index contributed by atoms with van der Waals surface area (Å²) in [5, 5.41) is 8.96.